The van der Waals surface area contributed by atoms with Crippen molar-refractivity contribution >= 4 is 46.2 Å². The van der Waals surface area contributed by atoms with E-state index in [2.05, 4.69) is 4.99 Å². The molecule has 0 fully saturated rings. The lowest BCUT2D eigenvalue weighted by Crippen LogP contribution is -2.30. The minimum Gasteiger partial charge on any atom is -0.266 e. The average molecular weight is 437 g/mol. The van der Waals surface area contributed by atoms with E-state index < -0.39 is 0 Å². The first-order valence-corrected chi connectivity index (χ1v) is 10.7. The normalized spacial score (nSPS) is 15.0. The number of benzene rings is 3. The van der Waals surface area contributed by atoms with Crippen LogP contribution in [0.5, 0.6) is 0 Å². The molecule has 0 saturated heterocycles. The number of rotatable bonds is 4. The Morgan fingerprint density at radius 2 is 1.73 bits per heavy atom. The molecule has 0 spiro atoms. The number of thioether (sulfide) groups is 1. The molecule has 1 aliphatic heterocycles. The molecule has 0 saturated carbocycles. The predicted octanol–water partition coefficient (Wildman–Crippen LogP) is 6.46. The van der Waals surface area contributed by atoms with Crippen LogP contribution >= 0.6 is 23.4 Å². The van der Waals surface area contributed by atoms with E-state index in [1.165, 1.54) is 23.9 Å². The number of anilines is 1. The quantitative estimate of drug-likeness (QED) is 0.439. The van der Waals surface area contributed by atoms with Crippen LogP contribution in [-0.2, 0) is 10.5 Å². The number of amidine groups is 1. The number of carbonyl (C=O) groups is 1. The summed E-state index contributed by atoms with van der Waals surface area (Å²) in [6.45, 7) is 1.96. The van der Waals surface area contributed by atoms with Gasteiger partial charge in [-0.3, -0.25) is 9.69 Å². The van der Waals surface area contributed by atoms with Gasteiger partial charge >= 0.3 is 0 Å². The molecule has 0 unspecified atom stereocenters. The van der Waals surface area contributed by atoms with Gasteiger partial charge in [0.25, 0.3) is 5.91 Å². The Morgan fingerprint density at radius 3 is 2.43 bits per heavy atom. The maximum absolute atomic E-state index is 13.2. The fourth-order valence-corrected chi connectivity index (χ4v) is 4.15. The number of amides is 1. The summed E-state index contributed by atoms with van der Waals surface area (Å²) in [7, 11) is 0. The van der Waals surface area contributed by atoms with Gasteiger partial charge in [-0.2, -0.15) is 0 Å². The molecule has 0 N–H and O–H groups in total. The van der Waals surface area contributed by atoms with Gasteiger partial charge < -0.3 is 0 Å². The van der Waals surface area contributed by atoms with Crippen LogP contribution in [0.4, 0.5) is 10.1 Å². The Balaban J connectivity index is 1.67. The van der Waals surface area contributed by atoms with Crippen molar-refractivity contribution in [2.24, 2.45) is 4.99 Å². The molecule has 4 rings (SSSR count). The summed E-state index contributed by atoms with van der Waals surface area (Å²) in [4.78, 5) is 19.5. The van der Waals surface area contributed by atoms with Crippen LogP contribution in [0.2, 0.25) is 5.02 Å². The minimum atomic E-state index is -0.320. The topological polar surface area (TPSA) is 32.7 Å². The highest BCUT2D eigenvalue weighted by atomic mass is 35.5. The van der Waals surface area contributed by atoms with Crippen LogP contribution in [0.25, 0.3) is 6.08 Å². The average Bonchev–Trinajstić information content (AvgIpc) is 3.05. The van der Waals surface area contributed by atoms with Crippen LogP contribution in [0.1, 0.15) is 16.7 Å². The second-order valence-corrected chi connectivity index (χ2v) is 8.20. The van der Waals surface area contributed by atoms with E-state index in [0.717, 1.165) is 22.4 Å². The van der Waals surface area contributed by atoms with Crippen LogP contribution in [0.3, 0.4) is 0 Å². The number of hydrogen-bond donors (Lipinski definition) is 0. The molecule has 3 nitrogen and oxygen atoms in total. The first kappa shape index (κ1) is 20.4. The monoisotopic (exact) mass is 436 g/mol. The lowest BCUT2D eigenvalue weighted by atomic mass is 10.1. The molecular formula is C24H18ClFN2OS. The van der Waals surface area contributed by atoms with Gasteiger partial charge in [0, 0.05) is 10.8 Å². The van der Waals surface area contributed by atoms with E-state index in [1.807, 2.05) is 55.5 Å². The first-order valence-electron chi connectivity index (χ1n) is 9.34. The Morgan fingerprint density at radius 1 is 1.03 bits per heavy atom. The van der Waals surface area contributed by atoms with Crippen molar-refractivity contribution in [2.45, 2.75) is 12.7 Å². The number of aliphatic imine (C=N–C) groups is 1. The van der Waals surface area contributed by atoms with E-state index in [9.17, 15) is 9.18 Å². The van der Waals surface area contributed by atoms with E-state index >= 15 is 0 Å². The van der Waals surface area contributed by atoms with Gasteiger partial charge in [0.05, 0.1) is 5.69 Å². The Kier molecular flexibility index (Phi) is 6.02. The van der Waals surface area contributed by atoms with Gasteiger partial charge in [0.2, 0.25) is 0 Å². The van der Waals surface area contributed by atoms with Gasteiger partial charge in [-0.15, -0.1) is 0 Å². The van der Waals surface area contributed by atoms with Crippen molar-refractivity contribution in [1.29, 1.82) is 0 Å². The number of hydrogen-bond acceptors (Lipinski definition) is 3. The lowest BCUT2D eigenvalue weighted by molar-refractivity contribution is -0.113. The van der Waals surface area contributed by atoms with Gasteiger partial charge in [0.1, 0.15) is 11.5 Å². The zero-order valence-corrected chi connectivity index (χ0v) is 17.8. The summed E-state index contributed by atoms with van der Waals surface area (Å²) in [6.07, 6.45) is 1.68. The molecule has 6 heteroatoms. The molecule has 0 aliphatic carbocycles. The molecule has 0 aromatic heterocycles. The summed E-state index contributed by atoms with van der Waals surface area (Å²) in [5.74, 6) is 0.126. The molecule has 0 radical (unpaired) electrons. The Labute approximate surface area is 183 Å². The number of halogens is 2. The van der Waals surface area contributed by atoms with Crippen LogP contribution < -0.4 is 4.90 Å². The van der Waals surface area contributed by atoms with Gasteiger partial charge in [-0.05, 0) is 60.0 Å². The second kappa shape index (κ2) is 8.86. The van der Waals surface area contributed by atoms with Gasteiger partial charge in [-0.25, -0.2) is 9.38 Å². The first-order chi connectivity index (χ1) is 14.5. The highest BCUT2D eigenvalue weighted by Crippen LogP contribution is 2.32. The maximum atomic E-state index is 13.2. The summed E-state index contributed by atoms with van der Waals surface area (Å²) in [5.41, 5.74) is 3.90. The third kappa shape index (κ3) is 4.48. The van der Waals surface area contributed by atoms with E-state index in [4.69, 9.17) is 11.6 Å². The summed E-state index contributed by atoms with van der Waals surface area (Å²) >= 11 is 7.46. The Bertz CT molecular complexity index is 1140. The molecule has 150 valence electrons. The maximum Gasteiger partial charge on any atom is 0.283 e. The SMILES string of the molecule is Cc1ccccc1N1C(=O)/C(=C\c2ccc(F)cc2)N=C1SCc1ccc(Cl)cc1. The number of para-hydroxylation sites is 1. The fourth-order valence-electron chi connectivity index (χ4n) is 3.07. The predicted molar refractivity (Wildman–Crippen MR) is 123 cm³/mol. The van der Waals surface area contributed by atoms with Crippen molar-refractivity contribution < 1.29 is 9.18 Å². The van der Waals surface area contributed by atoms with Crippen molar-refractivity contribution in [3.8, 4) is 0 Å². The lowest BCUT2D eigenvalue weighted by Gasteiger charge is -2.19. The molecule has 1 aliphatic rings. The van der Waals surface area contributed by atoms with E-state index in [0.29, 0.717) is 21.6 Å². The molecule has 30 heavy (non-hydrogen) atoms. The molecule has 1 heterocycles. The highest BCUT2D eigenvalue weighted by molar-refractivity contribution is 8.13. The van der Waals surface area contributed by atoms with Crippen molar-refractivity contribution in [3.05, 3.63) is 106 Å². The molecular weight excluding hydrogens is 419 g/mol. The van der Waals surface area contributed by atoms with Gasteiger partial charge in [-0.1, -0.05) is 65.8 Å². The van der Waals surface area contributed by atoms with Crippen LogP contribution in [0.15, 0.2) is 83.5 Å². The molecule has 0 atom stereocenters. The summed E-state index contributed by atoms with van der Waals surface area (Å²) < 4.78 is 13.2. The zero-order valence-electron chi connectivity index (χ0n) is 16.2. The summed E-state index contributed by atoms with van der Waals surface area (Å²) in [5, 5.41) is 1.29. The number of nitrogens with zero attached hydrogens (tertiary/aromatic N) is 2. The van der Waals surface area contributed by atoms with E-state index in [-0.39, 0.29) is 11.7 Å². The third-order valence-electron chi connectivity index (χ3n) is 4.64. The second-order valence-electron chi connectivity index (χ2n) is 6.82. The molecule has 3 aromatic carbocycles. The van der Waals surface area contributed by atoms with E-state index in [1.54, 1.807) is 23.1 Å². The van der Waals surface area contributed by atoms with Crippen molar-refractivity contribution in [2.75, 3.05) is 4.90 Å². The standard InChI is InChI=1S/C24H18ClFN2OS/c1-16-4-2-3-5-22(16)28-23(29)21(14-17-8-12-20(26)13-9-17)27-24(28)30-15-18-6-10-19(25)11-7-18/h2-14H,15H2,1H3/b21-14+. The fraction of sp³-hybridized carbons (Fsp3) is 0.0833. The molecule has 0 bridgehead atoms. The van der Waals surface area contributed by atoms with Gasteiger partial charge in [0.15, 0.2) is 5.17 Å². The Hall–Kier alpha value is -2.89. The largest absolute Gasteiger partial charge is 0.283 e. The molecule has 1 amide bonds. The molecule has 3 aromatic rings. The zero-order chi connectivity index (χ0) is 21.1. The smallest absolute Gasteiger partial charge is 0.266 e. The van der Waals surface area contributed by atoms with Crippen LogP contribution in [-0.4, -0.2) is 11.1 Å². The number of aryl methyl sites for hydroxylation is 1. The number of carbonyl (C=O) groups excluding carboxylic acids is 1. The third-order valence-corrected chi connectivity index (χ3v) is 5.90. The van der Waals surface area contributed by atoms with Crippen molar-refractivity contribution in [3.63, 3.8) is 0 Å². The summed E-state index contributed by atoms with van der Waals surface area (Å²) in [6, 6.07) is 21.3. The minimum absolute atomic E-state index is 0.202. The van der Waals surface area contributed by atoms with Crippen LogP contribution in [0, 0.1) is 12.7 Å². The van der Waals surface area contributed by atoms with Crippen molar-refractivity contribution in [1.82, 2.24) is 0 Å². The highest BCUT2D eigenvalue weighted by Gasteiger charge is 2.32.